The summed E-state index contributed by atoms with van der Waals surface area (Å²) in [5.41, 5.74) is 6.18. The van der Waals surface area contributed by atoms with Crippen LogP contribution in [0.2, 0.25) is 0 Å². The zero-order valence-corrected chi connectivity index (χ0v) is 19.0. The Bertz CT molecular complexity index is 1210. The van der Waals surface area contributed by atoms with Gasteiger partial charge in [0.15, 0.2) is 11.7 Å². The van der Waals surface area contributed by atoms with E-state index in [0.717, 1.165) is 7.11 Å². The quantitative estimate of drug-likeness (QED) is 0.145. The number of nitrogens with zero attached hydrogens (tertiary/aromatic N) is 1. The predicted octanol–water partition coefficient (Wildman–Crippen LogP) is -0.883. The van der Waals surface area contributed by atoms with Crippen molar-refractivity contribution >= 4 is 47.0 Å². The van der Waals surface area contributed by atoms with E-state index < -0.39 is 47.8 Å². The minimum Gasteiger partial charge on any atom is -0.481 e. The lowest BCUT2D eigenvalue weighted by Gasteiger charge is -2.27. The van der Waals surface area contributed by atoms with Crippen LogP contribution in [0.5, 0.6) is 0 Å². The molecule has 0 aliphatic carbocycles. The maximum Gasteiger partial charge on any atom is 0.326 e. The summed E-state index contributed by atoms with van der Waals surface area (Å²) in [6.45, 7) is 0.878. The van der Waals surface area contributed by atoms with Gasteiger partial charge in [-0.1, -0.05) is 0 Å². The number of rotatable bonds is 10. The number of esters is 1. The van der Waals surface area contributed by atoms with Crippen molar-refractivity contribution in [2.45, 2.75) is 18.5 Å². The summed E-state index contributed by atoms with van der Waals surface area (Å²) >= 11 is 0. The summed E-state index contributed by atoms with van der Waals surface area (Å²) in [7, 11) is 0.981. The molecular weight excluding hydrogens is 478 g/mol. The normalized spacial score (nSPS) is 15.8. The zero-order valence-electron chi connectivity index (χ0n) is 19.0. The largest absolute Gasteiger partial charge is 0.481 e. The Morgan fingerprint density at radius 3 is 2.50 bits per heavy atom. The molecule has 192 valence electrons. The van der Waals surface area contributed by atoms with E-state index in [9.17, 15) is 29.1 Å². The molecule has 2 aromatic rings. The van der Waals surface area contributed by atoms with Crippen molar-refractivity contribution in [3.05, 3.63) is 40.2 Å². The van der Waals surface area contributed by atoms with Crippen molar-refractivity contribution in [2.75, 3.05) is 41.9 Å². The first-order chi connectivity index (χ1) is 17.1. The number of nitrogen functional groups attached to an aromatic ring is 1. The molecule has 0 saturated heterocycles. The number of methoxy groups -OCH3 is 1. The van der Waals surface area contributed by atoms with Crippen LogP contribution in [0.1, 0.15) is 16.8 Å². The lowest BCUT2D eigenvalue weighted by Crippen LogP contribution is -2.44. The highest BCUT2D eigenvalue weighted by Gasteiger charge is 2.34. The van der Waals surface area contributed by atoms with E-state index >= 15 is 0 Å². The average Bonchev–Trinajstić information content (AvgIpc) is 2.84. The van der Waals surface area contributed by atoms with Crippen LogP contribution in [-0.4, -0.2) is 76.3 Å². The number of carboxylic acid groups (broad SMARTS) is 2. The van der Waals surface area contributed by atoms with E-state index in [1.54, 1.807) is 12.1 Å². The number of aromatic amines is 1. The number of carbonyl (C=O) groups is 4. The molecule has 3 atom stereocenters. The molecule has 1 aromatic heterocycles. The van der Waals surface area contributed by atoms with Gasteiger partial charge in [-0.3, -0.25) is 24.2 Å². The van der Waals surface area contributed by atoms with Gasteiger partial charge < -0.3 is 42.0 Å². The van der Waals surface area contributed by atoms with Crippen LogP contribution in [-0.2, 0) is 19.1 Å². The number of nitrogens with one attached hydrogen (secondary N) is 5. The monoisotopic (exact) mass is 503 g/mol. The first-order valence-corrected chi connectivity index (χ1v) is 10.7. The molecule has 1 aliphatic rings. The maximum absolute atomic E-state index is 12.5. The van der Waals surface area contributed by atoms with Gasteiger partial charge in [-0.15, -0.1) is 0 Å². The number of hydrogen-bond donors (Lipinski definition) is 8. The van der Waals surface area contributed by atoms with Gasteiger partial charge in [-0.05, 0) is 24.3 Å². The van der Waals surface area contributed by atoms with E-state index in [-0.39, 0.29) is 23.2 Å². The van der Waals surface area contributed by atoms with Crippen molar-refractivity contribution in [3.63, 3.8) is 0 Å². The lowest BCUT2D eigenvalue weighted by molar-refractivity contribution is -0.157. The van der Waals surface area contributed by atoms with E-state index in [1.165, 1.54) is 12.1 Å². The number of H-pyrrole nitrogens is 1. The maximum atomic E-state index is 12.5. The summed E-state index contributed by atoms with van der Waals surface area (Å²) in [5, 5.41) is 30.0. The van der Waals surface area contributed by atoms with Crippen molar-refractivity contribution in [2.24, 2.45) is 5.92 Å². The van der Waals surface area contributed by atoms with Crippen LogP contribution in [0, 0.1) is 5.92 Å². The molecule has 3 rings (SSSR count). The molecule has 2 heterocycles. The number of carbonyl (C=O) groups excluding carboxylic acids is 2. The van der Waals surface area contributed by atoms with E-state index in [2.05, 4.69) is 36.0 Å². The Morgan fingerprint density at radius 1 is 1.19 bits per heavy atom. The topological polar surface area (TPSA) is 238 Å². The van der Waals surface area contributed by atoms with Crippen LogP contribution in [0.3, 0.4) is 0 Å². The molecule has 15 heteroatoms. The highest BCUT2D eigenvalue weighted by Crippen LogP contribution is 2.20. The Hall–Kier alpha value is -4.82. The third-order valence-electron chi connectivity index (χ3n) is 5.36. The second kappa shape index (κ2) is 11.1. The number of fused-ring (bicyclic) bond motifs is 1. The summed E-state index contributed by atoms with van der Waals surface area (Å²) < 4.78 is 4.39. The second-order valence-corrected chi connectivity index (χ2v) is 7.87. The van der Waals surface area contributed by atoms with Crippen molar-refractivity contribution in [1.29, 1.82) is 0 Å². The predicted molar refractivity (Wildman–Crippen MR) is 127 cm³/mol. The number of carboxylic acids is 2. The number of nitrogens with two attached hydrogens (primary N) is 1. The first kappa shape index (κ1) is 25.8. The van der Waals surface area contributed by atoms with E-state index in [0.29, 0.717) is 24.6 Å². The van der Waals surface area contributed by atoms with Crippen LogP contribution in [0.15, 0.2) is 29.1 Å². The second-order valence-electron chi connectivity index (χ2n) is 7.87. The molecule has 0 spiro atoms. The highest BCUT2D eigenvalue weighted by atomic mass is 16.5. The highest BCUT2D eigenvalue weighted by molar-refractivity contribution is 5.98. The number of amides is 1. The van der Waals surface area contributed by atoms with Gasteiger partial charge in [0.1, 0.15) is 11.7 Å². The summed E-state index contributed by atoms with van der Waals surface area (Å²) in [6, 6.07) is 4.29. The average molecular weight is 503 g/mol. The van der Waals surface area contributed by atoms with Gasteiger partial charge in [-0.2, -0.15) is 4.98 Å². The van der Waals surface area contributed by atoms with Gasteiger partial charge >= 0.3 is 17.9 Å². The number of ether oxygens (including phenoxy) is 1. The number of anilines is 4. The molecule has 0 saturated carbocycles. The Morgan fingerprint density at radius 2 is 1.89 bits per heavy atom. The van der Waals surface area contributed by atoms with Crippen LogP contribution >= 0.6 is 0 Å². The Balaban J connectivity index is 1.58. The molecule has 15 nitrogen and oxygen atoms in total. The molecular formula is C21H25N7O8. The minimum absolute atomic E-state index is 0.00796. The molecule has 0 fully saturated rings. The number of benzene rings is 1. The third kappa shape index (κ3) is 6.19. The molecule has 0 radical (unpaired) electrons. The van der Waals surface area contributed by atoms with Gasteiger partial charge in [0.25, 0.3) is 11.5 Å². The van der Waals surface area contributed by atoms with Gasteiger partial charge in [0.2, 0.25) is 5.95 Å². The van der Waals surface area contributed by atoms with Gasteiger partial charge in [0, 0.05) is 30.8 Å². The number of aromatic nitrogens is 2. The standard InChI is InChI=1S/C21H25N7O8/c1-36-20(35)12(18(31)32)6-13(19(33)34)26-16(29)9-2-4-10(5-3-9)23-7-11-8-24-15-14(25-11)17(30)28-21(22)27-15/h2-5,11-13,23,25H,6-8H2,1H3,(H,26,29)(H,31,32)(H,33,34)(H4,22,24,27,28,30)/t11?,12?,13-/m0/s1. The number of hydrogen-bond acceptors (Lipinski definition) is 11. The molecule has 2 unspecified atom stereocenters. The van der Waals surface area contributed by atoms with Crippen LogP contribution in [0.4, 0.5) is 23.1 Å². The molecule has 36 heavy (non-hydrogen) atoms. The third-order valence-corrected chi connectivity index (χ3v) is 5.36. The Labute approximate surface area is 203 Å². The molecule has 1 amide bonds. The zero-order chi connectivity index (χ0) is 26.4. The van der Waals surface area contributed by atoms with Crippen LogP contribution in [0.25, 0.3) is 0 Å². The van der Waals surface area contributed by atoms with Gasteiger partial charge in [-0.25, -0.2) is 4.79 Å². The van der Waals surface area contributed by atoms with Crippen LogP contribution < -0.4 is 32.6 Å². The fraction of sp³-hybridized carbons (Fsp3) is 0.333. The summed E-state index contributed by atoms with van der Waals surface area (Å²) in [5.74, 6) is -6.31. The molecule has 1 aliphatic heterocycles. The fourth-order valence-electron chi connectivity index (χ4n) is 3.47. The SMILES string of the molecule is COC(=O)C(C[C@H](NC(=O)c1ccc(NCC2CNc3nc(N)[nH]c(=O)c3N2)cc1)C(=O)O)C(=O)O. The smallest absolute Gasteiger partial charge is 0.326 e. The summed E-state index contributed by atoms with van der Waals surface area (Å²) in [4.78, 5) is 65.4. The van der Waals surface area contributed by atoms with E-state index in [1.807, 2.05) is 0 Å². The van der Waals surface area contributed by atoms with Crippen molar-refractivity contribution in [1.82, 2.24) is 15.3 Å². The van der Waals surface area contributed by atoms with Gasteiger partial charge in [0.05, 0.1) is 13.2 Å². The van der Waals surface area contributed by atoms with Crippen molar-refractivity contribution in [3.8, 4) is 0 Å². The lowest BCUT2D eigenvalue weighted by atomic mass is 9.99. The first-order valence-electron chi connectivity index (χ1n) is 10.7. The molecule has 9 N–H and O–H groups in total. The van der Waals surface area contributed by atoms with E-state index in [4.69, 9.17) is 10.8 Å². The number of aliphatic carboxylic acids is 2. The molecule has 1 aromatic carbocycles. The van der Waals surface area contributed by atoms with Crippen molar-refractivity contribution < 1.29 is 34.1 Å². The fourth-order valence-corrected chi connectivity index (χ4v) is 3.47. The Kier molecular flexibility index (Phi) is 7.93. The molecule has 0 bridgehead atoms. The summed E-state index contributed by atoms with van der Waals surface area (Å²) in [6.07, 6.45) is -0.681. The minimum atomic E-state index is -1.75.